The number of aromatic amines is 1. The van der Waals surface area contributed by atoms with Crippen LogP contribution in [0.5, 0.6) is 0 Å². The van der Waals surface area contributed by atoms with Crippen molar-refractivity contribution in [2.75, 3.05) is 13.1 Å². The molecular formula is C23H24N4O. The maximum Gasteiger partial charge on any atom is 0.242 e. The number of likely N-dealkylation sites (tertiary alicyclic amines) is 1. The van der Waals surface area contributed by atoms with Gasteiger partial charge in [0, 0.05) is 42.1 Å². The Morgan fingerprint density at radius 3 is 2.86 bits per heavy atom. The van der Waals surface area contributed by atoms with Crippen molar-refractivity contribution in [3.63, 3.8) is 0 Å². The molecule has 5 heteroatoms. The summed E-state index contributed by atoms with van der Waals surface area (Å²) in [5.41, 5.74) is 4.55. The second-order valence-corrected chi connectivity index (χ2v) is 7.73. The Morgan fingerprint density at radius 1 is 1.18 bits per heavy atom. The number of nitrogens with one attached hydrogen (secondary N) is 1. The number of carbonyl (C=O) groups excluding carboxylic acids is 1. The SMILES string of the molecule is Cc1cc2ccccc2n1CC(=O)N1CCC(c2c[nH]c3ncccc23)CC1. The Bertz CT molecular complexity index is 1150. The molecule has 0 atom stereocenters. The van der Waals surface area contributed by atoms with Crippen LogP contribution in [0, 0.1) is 6.92 Å². The summed E-state index contributed by atoms with van der Waals surface area (Å²) in [5, 5.41) is 2.40. The largest absolute Gasteiger partial charge is 0.346 e. The summed E-state index contributed by atoms with van der Waals surface area (Å²) >= 11 is 0. The molecule has 0 unspecified atom stereocenters. The zero-order valence-corrected chi connectivity index (χ0v) is 16.1. The molecule has 0 spiro atoms. The highest BCUT2D eigenvalue weighted by Gasteiger charge is 2.26. The molecule has 0 bridgehead atoms. The number of amides is 1. The maximum atomic E-state index is 13.0. The van der Waals surface area contributed by atoms with Crippen molar-refractivity contribution in [1.29, 1.82) is 0 Å². The van der Waals surface area contributed by atoms with Crippen LogP contribution < -0.4 is 0 Å². The van der Waals surface area contributed by atoms with E-state index >= 15 is 0 Å². The van der Waals surface area contributed by atoms with E-state index in [1.807, 2.05) is 29.3 Å². The summed E-state index contributed by atoms with van der Waals surface area (Å²) in [6.45, 7) is 4.12. The van der Waals surface area contributed by atoms with Gasteiger partial charge in [-0.2, -0.15) is 0 Å². The highest BCUT2D eigenvalue weighted by molar-refractivity contribution is 5.84. The number of rotatable bonds is 3. The van der Waals surface area contributed by atoms with E-state index in [0.29, 0.717) is 12.5 Å². The number of H-pyrrole nitrogens is 1. The summed E-state index contributed by atoms with van der Waals surface area (Å²) in [5.74, 6) is 0.694. The zero-order valence-electron chi connectivity index (χ0n) is 16.1. The molecule has 5 nitrogen and oxygen atoms in total. The minimum atomic E-state index is 0.212. The van der Waals surface area contributed by atoms with Crippen LogP contribution in [-0.2, 0) is 11.3 Å². The van der Waals surface area contributed by atoms with Gasteiger partial charge in [-0.1, -0.05) is 18.2 Å². The molecule has 3 aromatic heterocycles. The second kappa shape index (κ2) is 6.82. The topological polar surface area (TPSA) is 53.9 Å². The third kappa shape index (κ3) is 2.87. The monoisotopic (exact) mass is 372 g/mol. The molecule has 1 aromatic carbocycles. The van der Waals surface area contributed by atoms with Gasteiger partial charge in [-0.3, -0.25) is 4.79 Å². The van der Waals surface area contributed by atoms with E-state index in [0.717, 1.165) is 42.8 Å². The molecule has 1 N–H and O–H groups in total. The quantitative estimate of drug-likeness (QED) is 0.585. The van der Waals surface area contributed by atoms with Crippen LogP contribution in [0.2, 0.25) is 0 Å². The van der Waals surface area contributed by atoms with Crippen LogP contribution in [0.3, 0.4) is 0 Å². The lowest BCUT2D eigenvalue weighted by Gasteiger charge is -2.32. The molecule has 1 fully saturated rings. The van der Waals surface area contributed by atoms with Gasteiger partial charge in [0.25, 0.3) is 0 Å². The van der Waals surface area contributed by atoms with E-state index < -0.39 is 0 Å². The van der Waals surface area contributed by atoms with Crippen molar-refractivity contribution in [2.45, 2.75) is 32.2 Å². The Morgan fingerprint density at radius 2 is 2.00 bits per heavy atom. The number of nitrogens with zero attached hydrogens (tertiary/aromatic N) is 3. The first-order valence-electron chi connectivity index (χ1n) is 9.95. The predicted molar refractivity (Wildman–Crippen MR) is 111 cm³/mol. The number of hydrogen-bond acceptors (Lipinski definition) is 2. The summed E-state index contributed by atoms with van der Waals surface area (Å²) in [6, 6.07) is 14.5. The zero-order chi connectivity index (χ0) is 19.1. The van der Waals surface area contributed by atoms with Crippen LogP contribution in [0.4, 0.5) is 0 Å². The summed E-state index contributed by atoms with van der Waals surface area (Å²) in [7, 11) is 0. The van der Waals surface area contributed by atoms with Crippen molar-refractivity contribution in [1.82, 2.24) is 19.4 Å². The molecule has 4 heterocycles. The van der Waals surface area contributed by atoms with E-state index in [9.17, 15) is 4.79 Å². The number of pyridine rings is 1. The minimum Gasteiger partial charge on any atom is -0.346 e. The third-order valence-electron chi connectivity index (χ3n) is 6.08. The molecule has 0 radical (unpaired) electrons. The highest BCUT2D eigenvalue weighted by Crippen LogP contribution is 2.32. The van der Waals surface area contributed by atoms with E-state index in [4.69, 9.17) is 0 Å². The van der Waals surface area contributed by atoms with Gasteiger partial charge in [-0.25, -0.2) is 4.98 Å². The number of carbonyl (C=O) groups is 1. The second-order valence-electron chi connectivity index (χ2n) is 7.73. The average molecular weight is 372 g/mol. The number of piperidine rings is 1. The molecular weight excluding hydrogens is 348 g/mol. The summed E-state index contributed by atoms with van der Waals surface area (Å²) in [6.07, 6.45) is 5.91. The number of fused-ring (bicyclic) bond motifs is 2. The first-order chi connectivity index (χ1) is 13.7. The molecule has 1 amide bonds. The van der Waals surface area contributed by atoms with E-state index in [-0.39, 0.29) is 5.91 Å². The molecule has 0 aliphatic carbocycles. The number of para-hydroxylation sites is 1. The average Bonchev–Trinajstić information content (AvgIpc) is 3.29. The highest BCUT2D eigenvalue weighted by atomic mass is 16.2. The fourth-order valence-corrected chi connectivity index (χ4v) is 4.55. The number of aromatic nitrogens is 3. The lowest BCUT2D eigenvalue weighted by molar-refractivity contribution is -0.132. The molecule has 1 aliphatic heterocycles. The van der Waals surface area contributed by atoms with Gasteiger partial charge in [0.1, 0.15) is 12.2 Å². The lowest BCUT2D eigenvalue weighted by atomic mass is 9.89. The van der Waals surface area contributed by atoms with Crippen molar-refractivity contribution < 1.29 is 4.79 Å². The first kappa shape index (κ1) is 17.0. The fraction of sp³-hybridized carbons (Fsp3) is 0.304. The number of aryl methyl sites for hydroxylation is 1. The molecule has 4 aromatic rings. The van der Waals surface area contributed by atoms with Crippen LogP contribution in [0.15, 0.2) is 54.9 Å². The normalized spacial score (nSPS) is 15.5. The molecule has 5 rings (SSSR count). The van der Waals surface area contributed by atoms with Crippen LogP contribution in [0.1, 0.15) is 30.0 Å². The minimum absolute atomic E-state index is 0.212. The predicted octanol–water partition coefficient (Wildman–Crippen LogP) is 4.23. The maximum absolute atomic E-state index is 13.0. The number of hydrogen-bond donors (Lipinski definition) is 1. The van der Waals surface area contributed by atoms with E-state index in [1.165, 1.54) is 16.3 Å². The molecule has 28 heavy (non-hydrogen) atoms. The summed E-state index contributed by atoms with van der Waals surface area (Å²) < 4.78 is 2.13. The van der Waals surface area contributed by atoms with Gasteiger partial charge in [0.2, 0.25) is 5.91 Å². The fourth-order valence-electron chi connectivity index (χ4n) is 4.55. The Kier molecular flexibility index (Phi) is 4.15. The number of benzene rings is 1. The van der Waals surface area contributed by atoms with Gasteiger partial charge >= 0.3 is 0 Å². The lowest BCUT2D eigenvalue weighted by Crippen LogP contribution is -2.39. The standard InChI is InChI=1S/C23H24N4O/c1-16-13-18-5-2-3-7-21(18)27(16)15-22(28)26-11-8-17(9-12-26)20-14-25-23-19(20)6-4-10-24-23/h2-7,10,13-14,17H,8-9,11-12,15H2,1H3,(H,24,25). The Balaban J connectivity index is 1.29. The Hall–Kier alpha value is -3.08. The molecule has 0 saturated carbocycles. The van der Waals surface area contributed by atoms with Crippen molar-refractivity contribution >= 4 is 27.8 Å². The molecule has 1 saturated heterocycles. The van der Waals surface area contributed by atoms with Gasteiger partial charge in [-0.15, -0.1) is 0 Å². The smallest absolute Gasteiger partial charge is 0.242 e. The first-order valence-corrected chi connectivity index (χ1v) is 9.95. The van der Waals surface area contributed by atoms with Crippen molar-refractivity contribution in [2.24, 2.45) is 0 Å². The summed E-state index contributed by atoms with van der Waals surface area (Å²) in [4.78, 5) is 22.7. The van der Waals surface area contributed by atoms with Crippen molar-refractivity contribution in [3.05, 3.63) is 66.1 Å². The third-order valence-corrected chi connectivity index (χ3v) is 6.08. The van der Waals surface area contributed by atoms with Crippen LogP contribution >= 0.6 is 0 Å². The molecule has 1 aliphatic rings. The van der Waals surface area contributed by atoms with Crippen LogP contribution in [0.25, 0.3) is 21.9 Å². The molecule has 142 valence electrons. The van der Waals surface area contributed by atoms with E-state index in [2.05, 4.69) is 51.9 Å². The van der Waals surface area contributed by atoms with Gasteiger partial charge in [0.05, 0.1) is 0 Å². The van der Waals surface area contributed by atoms with Gasteiger partial charge < -0.3 is 14.5 Å². The van der Waals surface area contributed by atoms with Crippen molar-refractivity contribution in [3.8, 4) is 0 Å². The van der Waals surface area contributed by atoms with Crippen LogP contribution in [-0.4, -0.2) is 38.4 Å². The van der Waals surface area contributed by atoms with E-state index in [1.54, 1.807) is 0 Å². The Labute approximate surface area is 164 Å². The van der Waals surface area contributed by atoms with Gasteiger partial charge in [-0.05, 0) is 60.9 Å². The van der Waals surface area contributed by atoms with Gasteiger partial charge in [0.15, 0.2) is 0 Å².